The summed E-state index contributed by atoms with van der Waals surface area (Å²) in [5.41, 5.74) is 3.20. The van der Waals surface area contributed by atoms with Crippen LogP contribution in [0.3, 0.4) is 0 Å². The second kappa shape index (κ2) is 7.36. The van der Waals surface area contributed by atoms with E-state index in [1.807, 2.05) is 18.2 Å². The largest absolute Gasteiger partial charge is 0.463 e. The fourth-order valence-corrected chi connectivity index (χ4v) is 3.24. The van der Waals surface area contributed by atoms with E-state index in [-0.39, 0.29) is 5.54 Å². The predicted octanol–water partition coefficient (Wildman–Crippen LogP) is 4.90. The number of halogens is 1. The zero-order valence-corrected chi connectivity index (χ0v) is 15.7. The van der Waals surface area contributed by atoms with Crippen molar-refractivity contribution in [3.05, 3.63) is 59.1 Å². The maximum absolute atomic E-state index is 6.17. The highest BCUT2D eigenvalue weighted by atomic mass is 35.5. The summed E-state index contributed by atoms with van der Waals surface area (Å²) in [5, 5.41) is 3.95. The first-order valence-corrected chi connectivity index (χ1v) is 8.95. The summed E-state index contributed by atoms with van der Waals surface area (Å²) in [5.74, 6) is 0. The molecule has 0 amide bonds. The van der Waals surface area contributed by atoms with Crippen LogP contribution in [0.4, 0.5) is 11.4 Å². The SMILES string of the molecule is CCC(C)(c1ccc(NC2=NCCO2)cc1)N(C)c1cccc(Cl)c1. The van der Waals surface area contributed by atoms with Gasteiger partial charge in [-0.05, 0) is 49.2 Å². The van der Waals surface area contributed by atoms with Crippen molar-refractivity contribution in [1.82, 2.24) is 0 Å². The van der Waals surface area contributed by atoms with Gasteiger partial charge >= 0.3 is 0 Å². The maximum atomic E-state index is 6.17. The monoisotopic (exact) mass is 357 g/mol. The van der Waals surface area contributed by atoms with E-state index in [1.54, 1.807) is 0 Å². The van der Waals surface area contributed by atoms with Crippen LogP contribution in [0.15, 0.2) is 53.5 Å². The lowest BCUT2D eigenvalue weighted by atomic mass is 9.87. The van der Waals surface area contributed by atoms with Gasteiger partial charge in [-0.3, -0.25) is 0 Å². The van der Waals surface area contributed by atoms with Crippen molar-refractivity contribution in [3.63, 3.8) is 0 Å². The Balaban J connectivity index is 1.83. The Morgan fingerprint density at radius 3 is 2.60 bits per heavy atom. The summed E-state index contributed by atoms with van der Waals surface area (Å²) >= 11 is 6.17. The zero-order chi connectivity index (χ0) is 17.9. The quantitative estimate of drug-likeness (QED) is 0.826. The lowest BCUT2D eigenvalue weighted by Gasteiger charge is -2.40. The van der Waals surface area contributed by atoms with E-state index in [9.17, 15) is 0 Å². The van der Waals surface area contributed by atoms with Crippen LogP contribution >= 0.6 is 11.6 Å². The highest BCUT2D eigenvalue weighted by Crippen LogP contribution is 2.35. The Labute approximate surface area is 154 Å². The molecule has 1 unspecified atom stereocenters. The molecule has 0 saturated heterocycles. The molecular formula is C20H24ClN3O. The van der Waals surface area contributed by atoms with Gasteiger partial charge in [0, 0.05) is 23.4 Å². The Morgan fingerprint density at radius 2 is 2.00 bits per heavy atom. The highest BCUT2D eigenvalue weighted by molar-refractivity contribution is 6.30. The van der Waals surface area contributed by atoms with Gasteiger partial charge in [-0.15, -0.1) is 0 Å². The van der Waals surface area contributed by atoms with Crippen LogP contribution in [-0.4, -0.2) is 26.2 Å². The van der Waals surface area contributed by atoms with Crippen LogP contribution in [-0.2, 0) is 10.3 Å². The first-order valence-electron chi connectivity index (χ1n) is 8.57. The van der Waals surface area contributed by atoms with Crippen molar-refractivity contribution in [1.29, 1.82) is 0 Å². The molecule has 0 fully saturated rings. The summed E-state index contributed by atoms with van der Waals surface area (Å²) in [7, 11) is 2.11. The highest BCUT2D eigenvalue weighted by Gasteiger charge is 2.30. The van der Waals surface area contributed by atoms with E-state index < -0.39 is 0 Å². The normalized spacial score (nSPS) is 15.9. The smallest absolute Gasteiger partial charge is 0.289 e. The minimum atomic E-state index is -0.134. The third kappa shape index (κ3) is 3.74. The van der Waals surface area contributed by atoms with Gasteiger partial charge in [0.25, 0.3) is 6.02 Å². The molecule has 0 aromatic heterocycles. The fourth-order valence-electron chi connectivity index (χ4n) is 3.05. The Bertz CT molecular complexity index is 760. The van der Waals surface area contributed by atoms with E-state index in [0.717, 1.165) is 29.4 Å². The van der Waals surface area contributed by atoms with Gasteiger partial charge in [0.15, 0.2) is 0 Å². The number of hydrogen-bond acceptors (Lipinski definition) is 4. The molecule has 132 valence electrons. The van der Waals surface area contributed by atoms with Gasteiger partial charge in [0.1, 0.15) is 6.61 Å². The van der Waals surface area contributed by atoms with Gasteiger partial charge in [0.2, 0.25) is 0 Å². The molecule has 0 spiro atoms. The van der Waals surface area contributed by atoms with Crippen LogP contribution in [0.5, 0.6) is 0 Å². The van der Waals surface area contributed by atoms with Gasteiger partial charge < -0.3 is 15.0 Å². The average molecular weight is 358 g/mol. The summed E-state index contributed by atoms with van der Waals surface area (Å²) in [6, 6.07) is 17.0. The lowest BCUT2D eigenvalue weighted by Crippen LogP contribution is -2.40. The summed E-state index contributed by atoms with van der Waals surface area (Å²) in [6.07, 6.45) is 0.971. The molecule has 1 aliphatic rings. The number of anilines is 2. The molecule has 1 N–H and O–H groups in total. The first-order chi connectivity index (χ1) is 12.0. The number of nitrogens with one attached hydrogen (secondary N) is 1. The molecule has 0 radical (unpaired) electrons. The van der Waals surface area contributed by atoms with Gasteiger partial charge in [-0.1, -0.05) is 36.7 Å². The van der Waals surface area contributed by atoms with Crippen LogP contribution in [0, 0.1) is 0 Å². The molecule has 2 aromatic carbocycles. The number of benzene rings is 2. The van der Waals surface area contributed by atoms with Crippen LogP contribution in [0.1, 0.15) is 25.8 Å². The molecular weight excluding hydrogens is 334 g/mol. The molecule has 2 aromatic rings. The molecule has 0 saturated carbocycles. The summed E-state index contributed by atoms with van der Waals surface area (Å²) in [4.78, 5) is 6.54. The number of ether oxygens (including phenoxy) is 1. The number of hydrogen-bond donors (Lipinski definition) is 1. The molecule has 3 rings (SSSR count). The van der Waals surface area contributed by atoms with E-state index in [0.29, 0.717) is 12.6 Å². The number of rotatable bonds is 5. The van der Waals surface area contributed by atoms with E-state index >= 15 is 0 Å². The Kier molecular flexibility index (Phi) is 5.19. The van der Waals surface area contributed by atoms with Crippen LogP contribution in [0.2, 0.25) is 5.02 Å². The van der Waals surface area contributed by atoms with Crippen molar-refractivity contribution in [2.24, 2.45) is 4.99 Å². The van der Waals surface area contributed by atoms with Gasteiger partial charge in [0.05, 0.1) is 12.1 Å². The molecule has 25 heavy (non-hydrogen) atoms. The molecule has 5 heteroatoms. The second-order valence-electron chi connectivity index (χ2n) is 6.40. The number of nitrogens with zero attached hydrogens (tertiary/aromatic N) is 2. The van der Waals surface area contributed by atoms with E-state index in [2.05, 4.69) is 66.4 Å². The third-order valence-corrected chi connectivity index (χ3v) is 5.20. The standard InChI is InChI=1S/C20H24ClN3O/c1-4-20(2,24(3)18-7-5-6-16(21)14-18)15-8-10-17(11-9-15)23-19-22-12-13-25-19/h5-11,14H,4,12-13H2,1-3H3,(H,22,23). The van der Waals surface area contributed by atoms with Crippen molar-refractivity contribution in [2.45, 2.75) is 25.8 Å². The third-order valence-electron chi connectivity index (χ3n) is 4.97. The van der Waals surface area contributed by atoms with Crippen molar-refractivity contribution >= 4 is 29.0 Å². The van der Waals surface area contributed by atoms with Crippen LogP contribution in [0.25, 0.3) is 0 Å². The van der Waals surface area contributed by atoms with Gasteiger partial charge in [-0.2, -0.15) is 0 Å². The van der Waals surface area contributed by atoms with Crippen molar-refractivity contribution < 1.29 is 4.74 Å². The molecule has 0 aliphatic carbocycles. The molecule has 4 nitrogen and oxygen atoms in total. The van der Waals surface area contributed by atoms with Gasteiger partial charge in [-0.25, -0.2) is 4.99 Å². The first kappa shape index (κ1) is 17.6. The van der Waals surface area contributed by atoms with Crippen molar-refractivity contribution in [2.75, 3.05) is 30.4 Å². The van der Waals surface area contributed by atoms with Crippen LogP contribution < -0.4 is 10.2 Å². The summed E-state index contributed by atoms with van der Waals surface area (Å²) < 4.78 is 5.40. The topological polar surface area (TPSA) is 36.9 Å². The second-order valence-corrected chi connectivity index (χ2v) is 6.84. The Morgan fingerprint density at radius 1 is 1.24 bits per heavy atom. The fraction of sp³-hybridized carbons (Fsp3) is 0.350. The van der Waals surface area contributed by atoms with Crippen molar-refractivity contribution in [3.8, 4) is 0 Å². The number of amidine groups is 1. The van der Waals surface area contributed by atoms with E-state index in [4.69, 9.17) is 16.3 Å². The average Bonchev–Trinajstić information content (AvgIpc) is 3.14. The van der Waals surface area contributed by atoms with E-state index in [1.165, 1.54) is 5.56 Å². The maximum Gasteiger partial charge on any atom is 0.289 e. The Hall–Kier alpha value is -2.20. The minimum absolute atomic E-state index is 0.134. The minimum Gasteiger partial charge on any atom is -0.463 e. The lowest BCUT2D eigenvalue weighted by molar-refractivity contribution is 0.346. The molecule has 0 bridgehead atoms. The zero-order valence-electron chi connectivity index (χ0n) is 14.9. The molecule has 1 heterocycles. The molecule has 1 aliphatic heterocycles. The molecule has 1 atom stereocenters. The predicted molar refractivity (Wildman–Crippen MR) is 106 cm³/mol. The summed E-state index contributed by atoms with van der Waals surface area (Å²) in [6.45, 7) is 5.83. The number of aliphatic imine (C=N–C) groups is 1.